The lowest BCUT2D eigenvalue weighted by Crippen LogP contribution is -2.13. The second kappa shape index (κ2) is 6.38. The molecule has 0 bridgehead atoms. The molecule has 0 saturated carbocycles. The predicted octanol–water partition coefficient (Wildman–Crippen LogP) is 3.79. The molecular weight excluding hydrogens is 266 g/mol. The number of aromatic nitrogens is 1. The van der Waals surface area contributed by atoms with E-state index in [0.29, 0.717) is 0 Å². The van der Waals surface area contributed by atoms with Crippen molar-refractivity contribution < 1.29 is 9.90 Å². The molecule has 0 radical (unpaired) electrons. The molecule has 1 aromatic heterocycles. The van der Waals surface area contributed by atoms with E-state index in [1.807, 2.05) is 11.8 Å². The summed E-state index contributed by atoms with van der Waals surface area (Å²) in [6.45, 7) is 8.40. The van der Waals surface area contributed by atoms with Gasteiger partial charge in [-0.3, -0.25) is 0 Å². The number of thiazole rings is 1. The van der Waals surface area contributed by atoms with Crippen LogP contribution in [0.3, 0.4) is 0 Å². The number of carbonyl (C=O) groups is 1. The fourth-order valence-electron chi connectivity index (χ4n) is 1.43. The molecule has 0 aromatic carbocycles. The van der Waals surface area contributed by atoms with Gasteiger partial charge in [-0.15, -0.1) is 11.3 Å². The number of carboxylic acid groups (broad SMARTS) is 1. The van der Waals surface area contributed by atoms with Gasteiger partial charge in [0.25, 0.3) is 0 Å². The van der Waals surface area contributed by atoms with Crippen molar-refractivity contribution >= 4 is 35.1 Å². The Balaban J connectivity index is 3.05. The third-order valence-corrected chi connectivity index (χ3v) is 4.30. The summed E-state index contributed by atoms with van der Waals surface area (Å²) in [5.74, 6) is 1.03. The molecule has 0 fully saturated rings. The van der Waals surface area contributed by atoms with Gasteiger partial charge in [-0.05, 0) is 11.8 Å². The summed E-state index contributed by atoms with van der Waals surface area (Å²) in [6.07, 6.45) is 2.83. The lowest BCUT2D eigenvalue weighted by atomic mass is 9.91. The number of carboxylic acids is 1. The van der Waals surface area contributed by atoms with E-state index < -0.39 is 5.97 Å². The maximum atomic E-state index is 10.6. The molecule has 0 saturated heterocycles. The van der Waals surface area contributed by atoms with E-state index in [2.05, 4.69) is 32.7 Å². The van der Waals surface area contributed by atoms with Gasteiger partial charge in [0.05, 0.1) is 10.6 Å². The minimum absolute atomic E-state index is 0.0657. The van der Waals surface area contributed by atoms with Crippen LogP contribution >= 0.6 is 23.1 Å². The molecular formula is C13H19NO2S2. The Labute approximate surface area is 116 Å². The molecule has 3 nitrogen and oxygen atoms in total. The zero-order valence-electron chi connectivity index (χ0n) is 11.2. The topological polar surface area (TPSA) is 50.2 Å². The Bertz CT molecular complexity index is 444. The number of thioether (sulfide) groups is 1. The van der Waals surface area contributed by atoms with E-state index in [1.54, 1.807) is 17.4 Å². The van der Waals surface area contributed by atoms with Gasteiger partial charge in [-0.1, -0.05) is 27.7 Å². The monoisotopic (exact) mass is 285 g/mol. The van der Waals surface area contributed by atoms with E-state index in [1.165, 1.54) is 6.08 Å². The average Bonchev–Trinajstić information content (AvgIpc) is 2.66. The zero-order valence-corrected chi connectivity index (χ0v) is 12.8. The largest absolute Gasteiger partial charge is 0.478 e. The molecule has 100 valence electrons. The molecule has 0 unspecified atom stereocenters. The second-order valence-electron chi connectivity index (χ2n) is 4.88. The molecule has 1 rings (SSSR count). The standard InChI is InChI=1S/C13H19NO2S2/c1-5-17-8-10-14-12(13(2,3)4)9(18-10)6-7-11(15)16/h6-7H,5,8H2,1-4H3,(H,15,16)/b7-6+. The summed E-state index contributed by atoms with van der Waals surface area (Å²) in [4.78, 5) is 16.2. The lowest BCUT2D eigenvalue weighted by molar-refractivity contribution is -0.131. The smallest absolute Gasteiger partial charge is 0.328 e. The summed E-state index contributed by atoms with van der Waals surface area (Å²) in [6, 6.07) is 0. The molecule has 1 N–H and O–H groups in total. The molecule has 1 aromatic rings. The Morgan fingerprint density at radius 3 is 2.67 bits per heavy atom. The average molecular weight is 285 g/mol. The first-order valence-corrected chi connectivity index (χ1v) is 7.80. The molecule has 0 atom stereocenters. The van der Waals surface area contributed by atoms with Crippen molar-refractivity contribution in [3.8, 4) is 0 Å². The molecule has 0 spiro atoms. The number of hydrogen-bond acceptors (Lipinski definition) is 4. The molecule has 0 amide bonds. The Morgan fingerprint density at radius 1 is 1.50 bits per heavy atom. The fourth-order valence-corrected chi connectivity index (χ4v) is 3.33. The van der Waals surface area contributed by atoms with Crippen molar-refractivity contribution in [3.05, 3.63) is 21.7 Å². The van der Waals surface area contributed by atoms with Crippen LogP contribution in [0.4, 0.5) is 0 Å². The Hall–Kier alpha value is -0.810. The van der Waals surface area contributed by atoms with Crippen LogP contribution in [0.15, 0.2) is 6.08 Å². The van der Waals surface area contributed by atoms with Crippen molar-refractivity contribution in [3.63, 3.8) is 0 Å². The summed E-state index contributed by atoms with van der Waals surface area (Å²) >= 11 is 3.41. The Morgan fingerprint density at radius 2 is 2.17 bits per heavy atom. The first-order valence-electron chi connectivity index (χ1n) is 5.83. The van der Waals surface area contributed by atoms with E-state index in [0.717, 1.165) is 27.1 Å². The van der Waals surface area contributed by atoms with E-state index in [-0.39, 0.29) is 5.41 Å². The number of nitrogens with zero attached hydrogens (tertiary/aromatic N) is 1. The summed E-state index contributed by atoms with van der Waals surface area (Å²) in [5.41, 5.74) is 0.917. The van der Waals surface area contributed by atoms with Crippen molar-refractivity contribution in [1.82, 2.24) is 4.98 Å². The van der Waals surface area contributed by atoms with Crippen LogP contribution < -0.4 is 0 Å². The highest BCUT2D eigenvalue weighted by molar-refractivity contribution is 7.98. The summed E-state index contributed by atoms with van der Waals surface area (Å²) < 4.78 is 0. The van der Waals surface area contributed by atoms with E-state index in [4.69, 9.17) is 5.11 Å². The van der Waals surface area contributed by atoms with Crippen LogP contribution in [0.25, 0.3) is 6.08 Å². The quantitative estimate of drug-likeness (QED) is 0.836. The highest BCUT2D eigenvalue weighted by Gasteiger charge is 2.22. The van der Waals surface area contributed by atoms with Crippen LogP contribution in [-0.2, 0) is 16.0 Å². The van der Waals surface area contributed by atoms with Gasteiger partial charge < -0.3 is 5.11 Å². The third kappa shape index (κ3) is 4.46. The van der Waals surface area contributed by atoms with Gasteiger partial charge in [0, 0.05) is 17.2 Å². The van der Waals surface area contributed by atoms with E-state index >= 15 is 0 Å². The highest BCUT2D eigenvalue weighted by atomic mass is 32.2. The third-order valence-electron chi connectivity index (χ3n) is 2.22. The van der Waals surface area contributed by atoms with Crippen LogP contribution in [0, 0.1) is 0 Å². The minimum Gasteiger partial charge on any atom is -0.478 e. The van der Waals surface area contributed by atoms with Crippen molar-refractivity contribution in [2.75, 3.05) is 5.75 Å². The second-order valence-corrected chi connectivity index (χ2v) is 7.27. The first-order chi connectivity index (χ1) is 8.34. The normalized spacial score (nSPS) is 12.2. The van der Waals surface area contributed by atoms with Crippen molar-refractivity contribution in [1.29, 1.82) is 0 Å². The van der Waals surface area contributed by atoms with Crippen molar-refractivity contribution in [2.24, 2.45) is 0 Å². The first kappa shape index (κ1) is 15.2. The maximum absolute atomic E-state index is 10.6. The maximum Gasteiger partial charge on any atom is 0.328 e. The van der Waals surface area contributed by atoms with Crippen LogP contribution in [-0.4, -0.2) is 21.8 Å². The highest BCUT2D eigenvalue weighted by Crippen LogP contribution is 2.32. The van der Waals surface area contributed by atoms with Gasteiger partial charge in [-0.25, -0.2) is 9.78 Å². The van der Waals surface area contributed by atoms with Crippen LogP contribution in [0.2, 0.25) is 0 Å². The molecule has 0 aliphatic heterocycles. The van der Waals surface area contributed by atoms with Crippen molar-refractivity contribution in [2.45, 2.75) is 38.9 Å². The summed E-state index contributed by atoms with van der Waals surface area (Å²) in [7, 11) is 0. The van der Waals surface area contributed by atoms with Gasteiger partial charge >= 0.3 is 5.97 Å². The zero-order chi connectivity index (χ0) is 13.8. The Kier molecular flexibility index (Phi) is 5.41. The van der Waals surface area contributed by atoms with Gasteiger partial charge in [0.2, 0.25) is 0 Å². The molecule has 0 aliphatic carbocycles. The minimum atomic E-state index is -0.923. The van der Waals surface area contributed by atoms with Crippen LogP contribution in [0.5, 0.6) is 0 Å². The molecule has 5 heteroatoms. The SMILES string of the molecule is CCSCc1nc(C(C)(C)C)c(/C=C/C(=O)O)s1. The van der Waals surface area contributed by atoms with Crippen LogP contribution in [0.1, 0.15) is 43.3 Å². The molecule has 18 heavy (non-hydrogen) atoms. The number of rotatable bonds is 5. The van der Waals surface area contributed by atoms with Gasteiger partial charge in [-0.2, -0.15) is 11.8 Å². The van der Waals surface area contributed by atoms with Gasteiger partial charge in [0.15, 0.2) is 0 Å². The molecule has 0 aliphatic rings. The summed E-state index contributed by atoms with van der Waals surface area (Å²) in [5, 5.41) is 9.78. The number of aliphatic carboxylic acids is 1. The van der Waals surface area contributed by atoms with E-state index in [9.17, 15) is 4.79 Å². The number of hydrogen-bond donors (Lipinski definition) is 1. The molecule has 1 heterocycles. The van der Waals surface area contributed by atoms with Gasteiger partial charge in [0.1, 0.15) is 5.01 Å². The lowest BCUT2D eigenvalue weighted by Gasteiger charge is -2.16. The predicted molar refractivity (Wildman–Crippen MR) is 79.3 cm³/mol. The fraction of sp³-hybridized carbons (Fsp3) is 0.538.